The first kappa shape index (κ1) is 20.5. The molecule has 148 valence electrons. The van der Waals surface area contributed by atoms with E-state index in [1.165, 1.54) is 19.3 Å². The van der Waals surface area contributed by atoms with E-state index in [9.17, 15) is 9.59 Å². The summed E-state index contributed by atoms with van der Waals surface area (Å²) in [6, 6.07) is 0.180. The Morgan fingerprint density at radius 1 is 1.12 bits per heavy atom. The molecule has 1 saturated carbocycles. The van der Waals surface area contributed by atoms with Gasteiger partial charge < -0.3 is 20.9 Å². The van der Waals surface area contributed by atoms with Crippen molar-refractivity contribution in [1.82, 2.24) is 20.9 Å². The van der Waals surface area contributed by atoms with E-state index in [-0.39, 0.29) is 30.0 Å². The molecule has 1 atom stereocenters. The summed E-state index contributed by atoms with van der Waals surface area (Å²) in [5, 5.41) is 9.30. The zero-order valence-corrected chi connectivity index (χ0v) is 16.7. The van der Waals surface area contributed by atoms with E-state index in [4.69, 9.17) is 0 Å². The van der Waals surface area contributed by atoms with Crippen LogP contribution in [0, 0.1) is 5.92 Å². The number of nitrogens with zero attached hydrogens (tertiary/aromatic N) is 2. The summed E-state index contributed by atoms with van der Waals surface area (Å²) in [6.07, 6.45) is 6.61. The van der Waals surface area contributed by atoms with Gasteiger partial charge in [0.05, 0.1) is 6.54 Å². The van der Waals surface area contributed by atoms with Crippen molar-refractivity contribution in [2.75, 3.05) is 26.7 Å². The molecule has 2 amide bonds. The minimum atomic E-state index is -0.249. The molecule has 0 aromatic carbocycles. The molecule has 1 unspecified atom stereocenters. The van der Waals surface area contributed by atoms with Crippen LogP contribution in [0.4, 0.5) is 0 Å². The average molecular weight is 366 g/mol. The van der Waals surface area contributed by atoms with Crippen LogP contribution in [0.1, 0.15) is 59.3 Å². The molecule has 2 rings (SSSR count). The van der Waals surface area contributed by atoms with Crippen molar-refractivity contribution in [3.8, 4) is 0 Å². The van der Waals surface area contributed by atoms with Gasteiger partial charge in [0, 0.05) is 37.6 Å². The summed E-state index contributed by atoms with van der Waals surface area (Å²) < 4.78 is 0. The predicted octanol–water partition coefficient (Wildman–Crippen LogP) is 1.25. The Balaban J connectivity index is 1.75. The molecule has 2 aliphatic rings. The van der Waals surface area contributed by atoms with Gasteiger partial charge in [0.25, 0.3) is 0 Å². The third kappa shape index (κ3) is 6.50. The van der Waals surface area contributed by atoms with Crippen LogP contribution in [-0.2, 0) is 9.59 Å². The van der Waals surface area contributed by atoms with Crippen molar-refractivity contribution in [2.45, 2.75) is 70.9 Å². The minimum Gasteiger partial charge on any atom is -0.352 e. The number of aliphatic imine (C=N–C) groups is 1. The molecule has 7 heteroatoms. The smallest absolute Gasteiger partial charge is 0.239 e. The Morgan fingerprint density at radius 2 is 1.81 bits per heavy atom. The number of carbonyl (C=O) groups excluding carboxylic acids is 2. The molecular formula is C19H35N5O2. The second kappa shape index (κ2) is 9.24. The lowest BCUT2D eigenvalue weighted by Gasteiger charge is -2.26. The quantitative estimate of drug-likeness (QED) is 0.517. The van der Waals surface area contributed by atoms with Crippen LogP contribution in [0.2, 0.25) is 0 Å². The van der Waals surface area contributed by atoms with Crippen LogP contribution >= 0.6 is 0 Å². The molecule has 1 heterocycles. The number of amides is 2. The summed E-state index contributed by atoms with van der Waals surface area (Å²) in [5.74, 6) is 1.08. The van der Waals surface area contributed by atoms with Crippen molar-refractivity contribution in [2.24, 2.45) is 10.9 Å². The SMILES string of the molecule is CN=C(NCC(=O)NC(C)(C)C)NC1CCN(C(=O)C2CCCCC2)C1. The number of likely N-dealkylation sites (tertiary alicyclic amines) is 1. The molecule has 26 heavy (non-hydrogen) atoms. The van der Waals surface area contributed by atoms with E-state index < -0.39 is 0 Å². The molecule has 0 spiro atoms. The van der Waals surface area contributed by atoms with E-state index >= 15 is 0 Å². The molecule has 0 aromatic rings. The zero-order chi connectivity index (χ0) is 19.2. The Labute approximate surface area is 157 Å². The molecule has 0 radical (unpaired) electrons. The molecule has 2 fully saturated rings. The van der Waals surface area contributed by atoms with Gasteiger partial charge in [-0.25, -0.2) is 0 Å². The van der Waals surface area contributed by atoms with Gasteiger partial charge in [0.1, 0.15) is 0 Å². The van der Waals surface area contributed by atoms with E-state index in [1.54, 1.807) is 7.05 Å². The molecule has 0 bridgehead atoms. The minimum absolute atomic E-state index is 0.0685. The van der Waals surface area contributed by atoms with Gasteiger partial charge in [0.15, 0.2) is 5.96 Å². The van der Waals surface area contributed by atoms with Gasteiger partial charge in [0.2, 0.25) is 11.8 Å². The maximum atomic E-state index is 12.6. The number of hydrogen-bond acceptors (Lipinski definition) is 3. The van der Waals surface area contributed by atoms with Crippen molar-refractivity contribution in [3.05, 3.63) is 0 Å². The molecular weight excluding hydrogens is 330 g/mol. The van der Waals surface area contributed by atoms with Crippen molar-refractivity contribution >= 4 is 17.8 Å². The maximum Gasteiger partial charge on any atom is 0.239 e. The summed E-state index contributed by atoms with van der Waals surface area (Å²) in [4.78, 5) is 30.8. The Bertz CT molecular complexity index is 521. The predicted molar refractivity (Wildman–Crippen MR) is 104 cm³/mol. The first-order valence-electron chi connectivity index (χ1n) is 9.85. The normalized spacial score (nSPS) is 22.2. The lowest BCUT2D eigenvalue weighted by atomic mass is 9.88. The second-order valence-electron chi connectivity index (χ2n) is 8.47. The van der Waals surface area contributed by atoms with Crippen LogP contribution in [0.3, 0.4) is 0 Å². The summed E-state index contributed by atoms with van der Waals surface area (Å²) in [6.45, 7) is 7.55. The lowest BCUT2D eigenvalue weighted by Crippen LogP contribution is -2.50. The van der Waals surface area contributed by atoms with Crippen molar-refractivity contribution in [1.29, 1.82) is 0 Å². The Kier molecular flexibility index (Phi) is 7.29. The van der Waals surface area contributed by atoms with Crippen LogP contribution < -0.4 is 16.0 Å². The van der Waals surface area contributed by atoms with E-state index in [0.717, 1.165) is 25.8 Å². The van der Waals surface area contributed by atoms with Crippen molar-refractivity contribution < 1.29 is 9.59 Å². The van der Waals surface area contributed by atoms with Gasteiger partial charge >= 0.3 is 0 Å². The zero-order valence-electron chi connectivity index (χ0n) is 16.7. The number of rotatable bonds is 4. The van der Waals surface area contributed by atoms with E-state index in [0.29, 0.717) is 18.4 Å². The van der Waals surface area contributed by atoms with Crippen LogP contribution in [0.5, 0.6) is 0 Å². The molecule has 1 aliphatic heterocycles. The standard InChI is InChI=1S/C19H35N5O2/c1-19(2,3)23-16(25)12-21-18(20-4)22-15-10-11-24(13-15)17(26)14-8-6-5-7-9-14/h14-15H,5-13H2,1-4H3,(H,23,25)(H2,20,21,22). The molecule has 7 nitrogen and oxygen atoms in total. The van der Waals surface area contributed by atoms with Crippen LogP contribution in [0.25, 0.3) is 0 Å². The Hall–Kier alpha value is -1.79. The van der Waals surface area contributed by atoms with Gasteiger partial charge in [-0.15, -0.1) is 0 Å². The molecule has 1 saturated heterocycles. The number of hydrogen-bond donors (Lipinski definition) is 3. The first-order valence-corrected chi connectivity index (χ1v) is 9.85. The average Bonchev–Trinajstić information content (AvgIpc) is 3.05. The molecule has 3 N–H and O–H groups in total. The summed E-state index contributed by atoms with van der Waals surface area (Å²) in [5.41, 5.74) is -0.249. The highest BCUT2D eigenvalue weighted by molar-refractivity contribution is 5.87. The number of carbonyl (C=O) groups is 2. The fraction of sp³-hybridized carbons (Fsp3) is 0.842. The first-order chi connectivity index (χ1) is 12.3. The van der Waals surface area contributed by atoms with Crippen LogP contribution in [0.15, 0.2) is 4.99 Å². The second-order valence-corrected chi connectivity index (χ2v) is 8.47. The topological polar surface area (TPSA) is 85.8 Å². The fourth-order valence-corrected chi connectivity index (χ4v) is 3.70. The third-order valence-corrected chi connectivity index (χ3v) is 4.95. The Morgan fingerprint density at radius 3 is 2.42 bits per heavy atom. The van der Waals surface area contributed by atoms with E-state index in [2.05, 4.69) is 20.9 Å². The van der Waals surface area contributed by atoms with Crippen molar-refractivity contribution in [3.63, 3.8) is 0 Å². The number of guanidine groups is 1. The maximum absolute atomic E-state index is 12.6. The summed E-state index contributed by atoms with van der Waals surface area (Å²) in [7, 11) is 1.69. The number of nitrogens with one attached hydrogen (secondary N) is 3. The highest BCUT2D eigenvalue weighted by Gasteiger charge is 2.31. The lowest BCUT2D eigenvalue weighted by molar-refractivity contribution is -0.135. The summed E-state index contributed by atoms with van der Waals surface area (Å²) >= 11 is 0. The van der Waals surface area contributed by atoms with Crippen LogP contribution in [-0.4, -0.2) is 60.9 Å². The third-order valence-electron chi connectivity index (χ3n) is 4.95. The van der Waals surface area contributed by atoms with Gasteiger partial charge in [-0.05, 0) is 40.0 Å². The van der Waals surface area contributed by atoms with E-state index in [1.807, 2.05) is 25.7 Å². The highest BCUT2D eigenvalue weighted by atomic mass is 16.2. The highest BCUT2D eigenvalue weighted by Crippen LogP contribution is 2.26. The van der Waals surface area contributed by atoms with Gasteiger partial charge in [-0.2, -0.15) is 0 Å². The van der Waals surface area contributed by atoms with Gasteiger partial charge in [-0.1, -0.05) is 19.3 Å². The fourth-order valence-electron chi connectivity index (χ4n) is 3.70. The largest absolute Gasteiger partial charge is 0.352 e. The molecule has 0 aromatic heterocycles. The molecule has 1 aliphatic carbocycles. The monoisotopic (exact) mass is 365 g/mol. The van der Waals surface area contributed by atoms with Gasteiger partial charge in [-0.3, -0.25) is 14.6 Å².